The van der Waals surface area contributed by atoms with Crippen LogP contribution in [-0.2, 0) is 6.42 Å². The van der Waals surface area contributed by atoms with Crippen molar-refractivity contribution in [1.82, 2.24) is 19.9 Å². The van der Waals surface area contributed by atoms with Crippen LogP contribution < -0.4 is 0 Å². The third-order valence-corrected chi connectivity index (χ3v) is 5.09. The van der Waals surface area contributed by atoms with Gasteiger partial charge in [0.05, 0.1) is 6.04 Å². The zero-order valence-electron chi connectivity index (χ0n) is 15.3. The van der Waals surface area contributed by atoms with E-state index in [9.17, 15) is 4.79 Å². The molecule has 2 heterocycles. The van der Waals surface area contributed by atoms with E-state index < -0.39 is 0 Å². The average molecular weight is 377 g/mol. The summed E-state index contributed by atoms with van der Waals surface area (Å²) in [6.45, 7) is 7.16. The third-order valence-electron chi connectivity index (χ3n) is 4.84. The van der Waals surface area contributed by atoms with Gasteiger partial charge in [0.25, 0.3) is 5.91 Å². The van der Waals surface area contributed by atoms with E-state index in [0.717, 1.165) is 38.2 Å². The average Bonchev–Trinajstić information content (AvgIpc) is 3.15. The maximum absolute atomic E-state index is 12.6. The molecule has 6 nitrogen and oxygen atoms in total. The van der Waals surface area contributed by atoms with Gasteiger partial charge in [-0.25, -0.2) is 0 Å². The highest BCUT2D eigenvalue weighted by Gasteiger charge is 2.28. The molecule has 3 rings (SSSR count). The number of halogens is 1. The number of aryl methyl sites for hydroxylation is 1. The van der Waals surface area contributed by atoms with Gasteiger partial charge in [-0.2, -0.15) is 4.98 Å². The van der Waals surface area contributed by atoms with Crippen molar-refractivity contribution in [2.75, 3.05) is 26.2 Å². The molecule has 0 N–H and O–H groups in total. The van der Waals surface area contributed by atoms with Crippen molar-refractivity contribution in [3.8, 4) is 0 Å². The molecule has 140 valence electrons. The summed E-state index contributed by atoms with van der Waals surface area (Å²) in [5.74, 6) is 1.49. The topological polar surface area (TPSA) is 62.5 Å². The van der Waals surface area contributed by atoms with Crippen LogP contribution in [-0.4, -0.2) is 52.0 Å². The molecule has 1 amide bonds. The van der Waals surface area contributed by atoms with E-state index in [-0.39, 0.29) is 11.9 Å². The van der Waals surface area contributed by atoms with Crippen LogP contribution in [0.4, 0.5) is 0 Å². The maximum atomic E-state index is 12.6. The summed E-state index contributed by atoms with van der Waals surface area (Å²) in [4.78, 5) is 21.3. The van der Waals surface area contributed by atoms with E-state index in [1.807, 2.05) is 4.90 Å². The van der Waals surface area contributed by atoms with Crippen LogP contribution in [0.5, 0.6) is 0 Å². The van der Waals surface area contributed by atoms with Gasteiger partial charge in [-0.15, -0.1) is 0 Å². The van der Waals surface area contributed by atoms with E-state index in [1.165, 1.54) is 0 Å². The Kier molecular flexibility index (Phi) is 6.27. The minimum atomic E-state index is 0.0496. The summed E-state index contributed by atoms with van der Waals surface area (Å²) < 4.78 is 5.44. The normalized spacial score (nSPS) is 16.7. The number of nitrogens with zero attached hydrogens (tertiary/aromatic N) is 4. The second-order valence-electron chi connectivity index (χ2n) is 6.66. The first-order chi connectivity index (χ1) is 12.6. The monoisotopic (exact) mass is 376 g/mol. The largest absolute Gasteiger partial charge is 0.338 e. The zero-order valence-corrected chi connectivity index (χ0v) is 16.1. The fraction of sp³-hybridized carbons (Fsp3) is 0.526. The second kappa shape index (κ2) is 8.64. The first kappa shape index (κ1) is 18.9. The van der Waals surface area contributed by atoms with Crippen molar-refractivity contribution < 1.29 is 9.32 Å². The van der Waals surface area contributed by atoms with Crippen molar-refractivity contribution in [3.63, 3.8) is 0 Å². The van der Waals surface area contributed by atoms with E-state index in [2.05, 4.69) is 28.9 Å². The minimum absolute atomic E-state index is 0.0496. The molecule has 1 atom stereocenters. The van der Waals surface area contributed by atoms with E-state index in [4.69, 9.17) is 16.1 Å². The molecular formula is C19H25ClN4O2. The number of carbonyl (C=O) groups excluding carboxylic acids is 1. The summed E-state index contributed by atoms with van der Waals surface area (Å²) >= 11 is 5.89. The second-order valence-corrected chi connectivity index (χ2v) is 7.10. The van der Waals surface area contributed by atoms with Gasteiger partial charge >= 0.3 is 0 Å². The first-order valence-electron chi connectivity index (χ1n) is 9.20. The Bertz CT molecular complexity index is 723. The van der Waals surface area contributed by atoms with Crippen LogP contribution in [0.2, 0.25) is 5.02 Å². The van der Waals surface area contributed by atoms with Crippen molar-refractivity contribution >= 4 is 17.5 Å². The molecule has 26 heavy (non-hydrogen) atoms. The number of carbonyl (C=O) groups is 1. The van der Waals surface area contributed by atoms with Crippen molar-refractivity contribution in [1.29, 1.82) is 0 Å². The maximum Gasteiger partial charge on any atom is 0.253 e. The highest BCUT2D eigenvalue weighted by molar-refractivity contribution is 6.30. The number of hydrogen-bond acceptors (Lipinski definition) is 5. The zero-order chi connectivity index (χ0) is 18.5. The summed E-state index contributed by atoms with van der Waals surface area (Å²) in [5.41, 5.74) is 0.674. The van der Waals surface area contributed by atoms with Crippen LogP contribution in [0.15, 0.2) is 28.8 Å². The number of amides is 1. The van der Waals surface area contributed by atoms with Crippen LogP contribution >= 0.6 is 11.6 Å². The molecule has 1 saturated heterocycles. The van der Waals surface area contributed by atoms with Gasteiger partial charge in [0, 0.05) is 43.2 Å². The van der Waals surface area contributed by atoms with Gasteiger partial charge in [0.15, 0.2) is 5.82 Å². The molecule has 0 saturated carbocycles. The molecule has 7 heteroatoms. The molecule has 1 aromatic heterocycles. The quantitative estimate of drug-likeness (QED) is 0.771. The fourth-order valence-electron chi connectivity index (χ4n) is 3.12. The highest BCUT2D eigenvalue weighted by atomic mass is 35.5. The number of hydrogen-bond donors (Lipinski definition) is 0. The van der Waals surface area contributed by atoms with Gasteiger partial charge in [0.1, 0.15) is 0 Å². The smallest absolute Gasteiger partial charge is 0.253 e. The molecule has 1 fully saturated rings. The predicted octanol–water partition coefficient (Wildman–Crippen LogP) is 3.58. The number of unbranched alkanes of at least 4 members (excludes halogenated alkanes) is 1. The van der Waals surface area contributed by atoms with Gasteiger partial charge in [0.2, 0.25) is 5.89 Å². The molecule has 0 aliphatic carbocycles. The van der Waals surface area contributed by atoms with Crippen LogP contribution in [0.25, 0.3) is 0 Å². The molecule has 0 spiro atoms. The van der Waals surface area contributed by atoms with Crippen LogP contribution in [0.3, 0.4) is 0 Å². The third kappa shape index (κ3) is 4.43. The molecule has 0 bridgehead atoms. The lowest BCUT2D eigenvalue weighted by Gasteiger charge is -2.36. The summed E-state index contributed by atoms with van der Waals surface area (Å²) in [7, 11) is 0. The lowest BCUT2D eigenvalue weighted by atomic mass is 10.1. The Hall–Kier alpha value is -1.92. The van der Waals surface area contributed by atoms with Crippen molar-refractivity contribution in [2.24, 2.45) is 0 Å². The molecule has 1 aromatic carbocycles. The van der Waals surface area contributed by atoms with Crippen LogP contribution in [0.1, 0.15) is 54.8 Å². The molecule has 1 unspecified atom stereocenters. The van der Waals surface area contributed by atoms with E-state index in [1.54, 1.807) is 24.3 Å². The Labute approximate surface area is 159 Å². The standard InChI is InChI=1S/C19H25ClN4O2/c1-3-4-5-17-21-18(26-22-17)14(2)23-10-12-24(13-11-23)19(25)15-6-8-16(20)9-7-15/h6-9,14H,3-5,10-13H2,1-2H3. The number of piperazine rings is 1. The minimum Gasteiger partial charge on any atom is -0.338 e. The van der Waals surface area contributed by atoms with Crippen molar-refractivity contribution in [3.05, 3.63) is 46.6 Å². The Balaban J connectivity index is 1.55. The molecular weight excluding hydrogens is 352 g/mol. The van der Waals surface area contributed by atoms with Gasteiger partial charge in [-0.1, -0.05) is 30.1 Å². The highest BCUT2D eigenvalue weighted by Crippen LogP contribution is 2.21. The Morgan fingerprint density at radius 3 is 2.58 bits per heavy atom. The van der Waals surface area contributed by atoms with Crippen LogP contribution in [0, 0.1) is 0 Å². The SMILES string of the molecule is CCCCc1noc(C(C)N2CCN(C(=O)c3ccc(Cl)cc3)CC2)n1. The van der Waals surface area contributed by atoms with Crippen molar-refractivity contribution in [2.45, 2.75) is 39.2 Å². The van der Waals surface area contributed by atoms with E-state index >= 15 is 0 Å². The van der Waals surface area contributed by atoms with Gasteiger partial charge < -0.3 is 9.42 Å². The lowest BCUT2D eigenvalue weighted by molar-refractivity contribution is 0.0551. The molecule has 1 aliphatic rings. The van der Waals surface area contributed by atoms with E-state index in [0.29, 0.717) is 29.6 Å². The predicted molar refractivity (Wildman–Crippen MR) is 100 cm³/mol. The first-order valence-corrected chi connectivity index (χ1v) is 9.57. The summed E-state index contributed by atoms with van der Waals surface area (Å²) in [6.07, 6.45) is 3.04. The fourth-order valence-corrected chi connectivity index (χ4v) is 3.24. The number of rotatable bonds is 6. The Morgan fingerprint density at radius 2 is 1.92 bits per heavy atom. The lowest BCUT2D eigenvalue weighted by Crippen LogP contribution is -2.49. The number of aromatic nitrogens is 2. The molecule has 2 aromatic rings. The molecule has 1 aliphatic heterocycles. The number of benzene rings is 1. The Morgan fingerprint density at radius 1 is 1.23 bits per heavy atom. The van der Waals surface area contributed by atoms with Gasteiger partial charge in [-0.05, 0) is 37.6 Å². The summed E-state index contributed by atoms with van der Waals surface area (Å²) in [5, 5.41) is 4.71. The molecule has 0 radical (unpaired) electrons. The van der Waals surface area contributed by atoms with Gasteiger partial charge in [-0.3, -0.25) is 9.69 Å². The summed E-state index contributed by atoms with van der Waals surface area (Å²) in [6, 6.07) is 7.11.